The van der Waals surface area contributed by atoms with Crippen LogP contribution in [0.2, 0.25) is 10.0 Å². The smallest absolute Gasteiger partial charge is 0.255 e. The van der Waals surface area contributed by atoms with E-state index in [4.69, 9.17) is 23.2 Å². The van der Waals surface area contributed by atoms with Gasteiger partial charge in [-0.2, -0.15) is 0 Å². The summed E-state index contributed by atoms with van der Waals surface area (Å²) in [5, 5.41) is 12.2. The molecular weight excluding hydrogens is 443 g/mol. The number of halogens is 2. The van der Waals surface area contributed by atoms with Crippen LogP contribution in [0.5, 0.6) is 0 Å². The molecule has 2 heterocycles. The molecule has 1 saturated heterocycles. The van der Waals surface area contributed by atoms with Gasteiger partial charge in [0.2, 0.25) is 0 Å². The highest BCUT2D eigenvalue weighted by Crippen LogP contribution is 2.25. The molecule has 0 radical (unpaired) electrons. The van der Waals surface area contributed by atoms with Crippen molar-refractivity contribution in [2.75, 3.05) is 31.1 Å². The Kier molecular flexibility index (Phi) is 5.68. The lowest BCUT2D eigenvalue weighted by Gasteiger charge is -2.35. The number of anilines is 1. The number of rotatable bonds is 3. The number of benzene rings is 3. The number of aromatic nitrogens is 2. The highest BCUT2D eigenvalue weighted by atomic mass is 35.5. The predicted octanol–water partition coefficient (Wildman–Crippen LogP) is 5.57. The van der Waals surface area contributed by atoms with Gasteiger partial charge in [-0.1, -0.05) is 59.6 Å². The summed E-state index contributed by atoms with van der Waals surface area (Å²) >= 11 is 12.2. The van der Waals surface area contributed by atoms with Crippen LogP contribution in [0.4, 0.5) is 5.82 Å². The molecule has 1 aliphatic heterocycles. The van der Waals surface area contributed by atoms with Crippen molar-refractivity contribution >= 4 is 45.7 Å². The third kappa shape index (κ3) is 4.14. The molecule has 5 rings (SSSR count). The van der Waals surface area contributed by atoms with Crippen LogP contribution < -0.4 is 4.90 Å². The molecular formula is C25H20Cl2N4O. The van der Waals surface area contributed by atoms with Crippen molar-refractivity contribution in [3.63, 3.8) is 0 Å². The topological polar surface area (TPSA) is 49.3 Å². The Hall–Kier alpha value is -3.15. The van der Waals surface area contributed by atoms with Crippen molar-refractivity contribution in [1.29, 1.82) is 0 Å². The lowest BCUT2D eigenvalue weighted by atomic mass is 10.1. The van der Waals surface area contributed by atoms with E-state index < -0.39 is 0 Å². The average Bonchev–Trinajstić information content (AvgIpc) is 2.85. The van der Waals surface area contributed by atoms with Crippen LogP contribution in [0.25, 0.3) is 22.0 Å². The maximum atomic E-state index is 12.8. The molecule has 0 N–H and O–H groups in total. The summed E-state index contributed by atoms with van der Waals surface area (Å²) in [4.78, 5) is 16.8. The first-order valence-corrected chi connectivity index (χ1v) is 11.2. The molecule has 1 amide bonds. The number of fused-ring (bicyclic) bond motifs is 1. The fraction of sp³-hybridized carbons (Fsp3) is 0.160. The third-order valence-electron chi connectivity index (χ3n) is 5.75. The van der Waals surface area contributed by atoms with Crippen molar-refractivity contribution in [2.45, 2.75) is 0 Å². The lowest BCUT2D eigenvalue weighted by Crippen LogP contribution is -2.49. The summed E-state index contributed by atoms with van der Waals surface area (Å²) in [6, 6.07) is 23.5. The molecule has 5 nitrogen and oxygen atoms in total. The Bertz CT molecular complexity index is 1280. The van der Waals surface area contributed by atoms with Crippen LogP contribution in [0.15, 0.2) is 72.8 Å². The number of hydrogen-bond acceptors (Lipinski definition) is 4. The number of amides is 1. The van der Waals surface area contributed by atoms with E-state index in [9.17, 15) is 4.79 Å². The number of piperazine rings is 1. The van der Waals surface area contributed by atoms with E-state index in [2.05, 4.69) is 45.4 Å². The summed E-state index contributed by atoms with van der Waals surface area (Å²) in [5.41, 5.74) is 2.31. The molecule has 0 spiro atoms. The van der Waals surface area contributed by atoms with Crippen molar-refractivity contribution in [3.8, 4) is 11.3 Å². The second kappa shape index (κ2) is 8.77. The van der Waals surface area contributed by atoms with Crippen LogP contribution in [0.1, 0.15) is 10.4 Å². The SMILES string of the molecule is O=C(c1cc(Cl)ccc1Cl)N1CCN(c2ccc(-c3ccc4ccccc4c3)nn2)CC1. The van der Waals surface area contributed by atoms with Gasteiger partial charge in [0.1, 0.15) is 0 Å². The van der Waals surface area contributed by atoms with Crippen LogP contribution in [0.3, 0.4) is 0 Å². The molecule has 4 aromatic rings. The first-order chi connectivity index (χ1) is 15.6. The average molecular weight is 463 g/mol. The van der Waals surface area contributed by atoms with Gasteiger partial charge in [-0.25, -0.2) is 0 Å². The quantitative estimate of drug-likeness (QED) is 0.399. The molecule has 0 bridgehead atoms. The van der Waals surface area contributed by atoms with Gasteiger partial charge in [-0.05, 0) is 47.2 Å². The van der Waals surface area contributed by atoms with Gasteiger partial charge >= 0.3 is 0 Å². The summed E-state index contributed by atoms with van der Waals surface area (Å²) < 4.78 is 0. The second-order valence-electron chi connectivity index (χ2n) is 7.74. The monoisotopic (exact) mass is 462 g/mol. The standard InChI is InChI=1S/C25H20Cl2N4O/c26-20-7-8-22(27)21(16-20)25(32)31-13-11-30(12-14-31)24-10-9-23(28-29-24)19-6-5-17-3-1-2-4-18(17)15-19/h1-10,15-16H,11-14H2. The van der Waals surface area contributed by atoms with Crippen molar-refractivity contribution < 1.29 is 4.79 Å². The van der Waals surface area contributed by atoms with E-state index in [0.29, 0.717) is 41.8 Å². The zero-order valence-electron chi connectivity index (χ0n) is 17.2. The molecule has 160 valence electrons. The summed E-state index contributed by atoms with van der Waals surface area (Å²) in [7, 11) is 0. The minimum atomic E-state index is -0.102. The molecule has 0 saturated carbocycles. The maximum Gasteiger partial charge on any atom is 0.255 e. The molecule has 1 aromatic heterocycles. The van der Waals surface area contributed by atoms with Gasteiger partial charge in [0.05, 0.1) is 16.3 Å². The van der Waals surface area contributed by atoms with E-state index >= 15 is 0 Å². The minimum Gasteiger partial charge on any atom is -0.352 e. The Morgan fingerprint density at radius 2 is 1.56 bits per heavy atom. The largest absolute Gasteiger partial charge is 0.352 e. The first kappa shape index (κ1) is 20.7. The van der Waals surface area contributed by atoms with Crippen molar-refractivity contribution in [1.82, 2.24) is 15.1 Å². The number of carbonyl (C=O) groups is 1. The van der Waals surface area contributed by atoms with Gasteiger partial charge in [0.25, 0.3) is 5.91 Å². The van der Waals surface area contributed by atoms with E-state index in [0.717, 1.165) is 17.1 Å². The summed E-state index contributed by atoms with van der Waals surface area (Å²) in [5.74, 6) is 0.706. The molecule has 1 aliphatic rings. The van der Waals surface area contributed by atoms with E-state index in [1.165, 1.54) is 10.8 Å². The molecule has 1 fully saturated rings. The van der Waals surface area contributed by atoms with Crippen LogP contribution >= 0.6 is 23.2 Å². The molecule has 32 heavy (non-hydrogen) atoms. The lowest BCUT2D eigenvalue weighted by molar-refractivity contribution is 0.0746. The second-order valence-corrected chi connectivity index (χ2v) is 8.59. The Morgan fingerprint density at radius 3 is 2.31 bits per heavy atom. The normalized spacial score (nSPS) is 14.1. The van der Waals surface area contributed by atoms with Gasteiger partial charge < -0.3 is 9.80 Å². The predicted molar refractivity (Wildman–Crippen MR) is 130 cm³/mol. The van der Waals surface area contributed by atoms with E-state index in [1.807, 2.05) is 24.3 Å². The zero-order valence-corrected chi connectivity index (χ0v) is 18.7. The molecule has 0 unspecified atom stereocenters. The van der Waals surface area contributed by atoms with Gasteiger partial charge in [-0.3, -0.25) is 4.79 Å². The fourth-order valence-electron chi connectivity index (χ4n) is 3.97. The van der Waals surface area contributed by atoms with Gasteiger partial charge in [0.15, 0.2) is 5.82 Å². The Morgan fingerprint density at radius 1 is 0.781 bits per heavy atom. The summed E-state index contributed by atoms with van der Waals surface area (Å²) in [6.45, 7) is 2.51. The molecule has 0 aliphatic carbocycles. The highest BCUT2D eigenvalue weighted by molar-refractivity contribution is 6.35. The highest BCUT2D eigenvalue weighted by Gasteiger charge is 2.24. The van der Waals surface area contributed by atoms with Crippen molar-refractivity contribution in [3.05, 3.63) is 88.4 Å². The number of carbonyl (C=O) groups excluding carboxylic acids is 1. The number of hydrogen-bond donors (Lipinski definition) is 0. The molecule has 0 atom stereocenters. The minimum absolute atomic E-state index is 0.102. The van der Waals surface area contributed by atoms with Gasteiger partial charge in [0, 0.05) is 36.8 Å². The molecule has 3 aromatic carbocycles. The van der Waals surface area contributed by atoms with Crippen LogP contribution in [-0.4, -0.2) is 47.2 Å². The first-order valence-electron chi connectivity index (χ1n) is 10.4. The Labute approximate surface area is 196 Å². The molecule has 7 heteroatoms. The van der Waals surface area contributed by atoms with Crippen molar-refractivity contribution in [2.24, 2.45) is 0 Å². The van der Waals surface area contributed by atoms with Crippen LogP contribution in [-0.2, 0) is 0 Å². The summed E-state index contributed by atoms with van der Waals surface area (Å²) in [6.07, 6.45) is 0. The van der Waals surface area contributed by atoms with E-state index in [1.54, 1.807) is 23.1 Å². The maximum absolute atomic E-state index is 12.8. The Balaban J connectivity index is 1.26. The van der Waals surface area contributed by atoms with Gasteiger partial charge in [-0.15, -0.1) is 10.2 Å². The fourth-order valence-corrected chi connectivity index (χ4v) is 4.34. The number of nitrogens with zero attached hydrogens (tertiary/aromatic N) is 4. The van der Waals surface area contributed by atoms with Crippen LogP contribution in [0, 0.1) is 0 Å². The zero-order chi connectivity index (χ0) is 22.1. The third-order valence-corrected chi connectivity index (χ3v) is 6.31. The van der Waals surface area contributed by atoms with E-state index in [-0.39, 0.29) is 5.91 Å².